The summed E-state index contributed by atoms with van der Waals surface area (Å²) in [6.07, 6.45) is 2.17. The summed E-state index contributed by atoms with van der Waals surface area (Å²) in [5.74, 6) is 0.0348. The molecule has 3 nitrogen and oxygen atoms in total. The molecule has 1 saturated carbocycles. The van der Waals surface area contributed by atoms with Gasteiger partial charge in [0.05, 0.1) is 0 Å². The van der Waals surface area contributed by atoms with E-state index in [2.05, 4.69) is 31.4 Å². The Bertz CT molecular complexity index is 423. The lowest BCUT2D eigenvalue weighted by atomic mass is 10.1. The standard InChI is InChI=1S/C15H22N2O/c1-4-9-16-12-7-5-11(6-8-12)14(18)17-13-10-15(13,2)3/h5-8,13,16H,4,9-10H2,1-3H3,(H,17,18). The van der Waals surface area contributed by atoms with Crippen molar-refractivity contribution in [2.75, 3.05) is 11.9 Å². The van der Waals surface area contributed by atoms with Crippen molar-refractivity contribution in [1.82, 2.24) is 5.32 Å². The zero-order valence-corrected chi connectivity index (χ0v) is 11.4. The van der Waals surface area contributed by atoms with Crippen molar-refractivity contribution >= 4 is 11.6 Å². The highest BCUT2D eigenvalue weighted by molar-refractivity contribution is 5.95. The number of nitrogens with one attached hydrogen (secondary N) is 2. The number of carbonyl (C=O) groups excluding carboxylic acids is 1. The van der Waals surface area contributed by atoms with Gasteiger partial charge in [0.15, 0.2) is 0 Å². The Hall–Kier alpha value is -1.51. The molecule has 2 N–H and O–H groups in total. The van der Waals surface area contributed by atoms with Gasteiger partial charge in [0.2, 0.25) is 0 Å². The summed E-state index contributed by atoms with van der Waals surface area (Å²) >= 11 is 0. The van der Waals surface area contributed by atoms with Crippen molar-refractivity contribution in [2.45, 2.75) is 39.7 Å². The van der Waals surface area contributed by atoms with Crippen LogP contribution in [-0.4, -0.2) is 18.5 Å². The largest absolute Gasteiger partial charge is 0.385 e. The summed E-state index contributed by atoms with van der Waals surface area (Å²) in [5.41, 5.74) is 2.08. The number of anilines is 1. The molecule has 1 amide bonds. The molecule has 2 rings (SSSR count). The summed E-state index contributed by atoms with van der Waals surface area (Å²) in [6.45, 7) is 7.44. The van der Waals surface area contributed by atoms with Gasteiger partial charge in [-0.3, -0.25) is 4.79 Å². The van der Waals surface area contributed by atoms with E-state index in [1.54, 1.807) is 0 Å². The lowest BCUT2D eigenvalue weighted by molar-refractivity contribution is 0.0946. The molecule has 1 fully saturated rings. The smallest absolute Gasteiger partial charge is 0.251 e. The van der Waals surface area contributed by atoms with Gasteiger partial charge in [-0.25, -0.2) is 0 Å². The van der Waals surface area contributed by atoms with Gasteiger partial charge in [0, 0.05) is 23.8 Å². The van der Waals surface area contributed by atoms with E-state index in [0.717, 1.165) is 30.6 Å². The predicted molar refractivity (Wildman–Crippen MR) is 74.9 cm³/mol. The van der Waals surface area contributed by atoms with E-state index in [4.69, 9.17) is 0 Å². The quantitative estimate of drug-likeness (QED) is 0.838. The van der Waals surface area contributed by atoms with Gasteiger partial charge in [0.25, 0.3) is 5.91 Å². The van der Waals surface area contributed by atoms with E-state index >= 15 is 0 Å². The molecule has 0 heterocycles. The second-order valence-corrected chi connectivity index (χ2v) is 5.72. The van der Waals surface area contributed by atoms with E-state index in [1.165, 1.54) is 0 Å². The van der Waals surface area contributed by atoms with Crippen LogP contribution in [-0.2, 0) is 0 Å². The van der Waals surface area contributed by atoms with Gasteiger partial charge in [-0.05, 0) is 42.5 Å². The van der Waals surface area contributed by atoms with Gasteiger partial charge in [-0.2, -0.15) is 0 Å². The minimum absolute atomic E-state index is 0.0348. The molecule has 1 atom stereocenters. The zero-order chi connectivity index (χ0) is 13.2. The van der Waals surface area contributed by atoms with E-state index in [9.17, 15) is 4.79 Å². The highest BCUT2D eigenvalue weighted by atomic mass is 16.1. The van der Waals surface area contributed by atoms with Gasteiger partial charge < -0.3 is 10.6 Å². The summed E-state index contributed by atoms with van der Waals surface area (Å²) in [7, 11) is 0. The lowest BCUT2D eigenvalue weighted by Gasteiger charge is -2.08. The summed E-state index contributed by atoms with van der Waals surface area (Å²) < 4.78 is 0. The van der Waals surface area contributed by atoms with Crippen LogP contribution in [0.25, 0.3) is 0 Å². The summed E-state index contributed by atoms with van der Waals surface area (Å²) in [6, 6.07) is 8.01. The molecule has 0 spiro atoms. The van der Waals surface area contributed by atoms with Gasteiger partial charge in [0.1, 0.15) is 0 Å². The Labute approximate surface area is 109 Å². The Morgan fingerprint density at radius 3 is 2.44 bits per heavy atom. The summed E-state index contributed by atoms with van der Waals surface area (Å²) in [4.78, 5) is 12.0. The van der Waals surface area contributed by atoms with Crippen LogP contribution < -0.4 is 10.6 Å². The van der Waals surface area contributed by atoms with Crippen LogP contribution in [0.2, 0.25) is 0 Å². The Balaban J connectivity index is 1.91. The monoisotopic (exact) mass is 246 g/mol. The first kappa shape index (κ1) is 12.9. The molecule has 0 aliphatic heterocycles. The second-order valence-electron chi connectivity index (χ2n) is 5.72. The molecule has 1 unspecified atom stereocenters. The van der Waals surface area contributed by atoms with Gasteiger partial charge in [-0.1, -0.05) is 20.8 Å². The van der Waals surface area contributed by atoms with Crippen molar-refractivity contribution in [1.29, 1.82) is 0 Å². The van der Waals surface area contributed by atoms with Crippen molar-refractivity contribution < 1.29 is 4.79 Å². The fraction of sp³-hybridized carbons (Fsp3) is 0.533. The molecular formula is C15H22N2O. The summed E-state index contributed by atoms with van der Waals surface area (Å²) in [5, 5.41) is 6.36. The molecule has 0 saturated heterocycles. The third-order valence-electron chi connectivity index (χ3n) is 3.54. The zero-order valence-electron chi connectivity index (χ0n) is 11.4. The number of benzene rings is 1. The SMILES string of the molecule is CCCNc1ccc(C(=O)NC2CC2(C)C)cc1. The normalized spacial score (nSPS) is 20.3. The predicted octanol–water partition coefficient (Wildman–Crippen LogP) is 3.04. The molecule has 1 aliphatic rings. The minimum atomic E-state index is 0.0348. The van der Waals surface area contributed by atoms with E-state index in [1.807, 2.05) is 24.3 Å². The molecule has 1 aromatic rings. The van der Waals surface area contributed by atoms with E-state index in [0.29, 0.717) is 6.04 Å². The Morgan fingerprint density at radius 2 is 1.94 bits per heavy atom. The third kappa shape index (κ3) is 3.03. The maximum absolute atomic E-state index is 12.0. The first-order chi connectivity index (χ1) is 8.53. The average Bonchev–Trinajstić information content (AvgIpc) is 2.94. The van der Waals surface area contributed by atoms with Crippen molar-refractivity contribution in [3.05, 3.63) is 29.8 Å². The maximum Gasteiger partial charge on any atom is 0.251 e. The number of rotatable bonds is 5. The molecule has 18 heavy (non-hydrogen) atoms. The first-order valence-corrected chi connectivity index (χ1v) is 6.68. The number of carbonyl (C=O) groups is 1. The van der Waals surface area contributed by atoms with E-state index < -0.39 is 0 Å². The first-order valence-electron chi connectivity index (χ1n) is 6.68. The highest BCUT2D eigenvalue weighted by Gasteiger charge is 2.46. The van der Waals surface area contributed by atoms with Crippen LogP contribution in [0, 0.1) is 5.41 Å². The van der Waals surface area contributed by atoms with Crippen LogP contribution in [0.1, 0.15) is 44.0 Å². The number of hydrogen-bond acceptors (Lipinski definition) is 2. The van der Waals surface area contributed by atoms with Crippen LogP contribution in [0.4, 0.5) is 5.69 Å². The molecule has 1 aliphatic carbocycles. The number of hydrogen-bond donors (Lipinski definition) is 2. The molecule has 98 valence electrons. The molecular weight excluding hydrogens is 224 g/mol. The van der Waals surface area contributed by atoms with Crippen LogP contribution >= 0.6 is 0 Å². The molecule has 0 bridgehead atoms. The van der Waals surface area contributed by atoms with Crippen LogP contribution in [0.5, 0.6) is 0 Å². The average molecular weight is 246 g/mol. The van der Waals surface area contributed by atoms with Crippen molar-refractivity contribution in [3.8, 4) is 0 Å². The van der Waals surface area contributed by atoms with Gasteiger partial charge in [-0.15, -0.1) is 0 Å². The Morgan fingerprint density at radius 1 is 1.33 bits per heavy atom. The van der Waals surface area contributed by atoms with E-state index in [-0.39, 0.29) is 11.3 Å². The third-order valence-corrected chi connectivity index (χ3v) is 3.54. The highest BCUT2D eigenvalue weighted by Crippen LogP contribution is 2.44. The lowest BCUT2D eigenvalue weighted by Crippen LogP contribution is -2.28. The van der Waals surface area contributed by atoms with Crippen molar-refractivity contribution in [3.63, 3.8) is 0 Å². The molecule has 1 aromatic carbocycles. The maximum atomic E-state index is 12.0. The fourth-order valence-corrected chi connectivity index (χ4v) is 1.96. The number of amides is 1. The van der Waals surface area contributed by atoms with Crippen molar-refractivity contribution in [2.24, 2.45) is 5.41 Å². The minimum Gasteiger partial charge on any atom is -0.385 e. The molecule has 0 aromatic heterocycles. The topological polar surface area (TPSA) is 41.1 Å². The Kier molecular flexibility index (Phi) is 3.60. The van der Waals surface area contributed by atoms with Crippen LogP contribution in [0.3, 0.4) is 0 Å². The fourth-order valence-electron chi connectivity index (χ4n) is 1.96. The molecule has 3 heteroatoms. The van der Waals surface area contributed by atoms with Gasteiger partial charge >= 0.3 is 0 Å². The van der Waals surface area contributed by atoms with Crippen LogP contribution in [0.15, 0.2) is 24.3 Å². The second kappa shape index (κ2) is 5.01. The molecule has 0 radical (unpaired) electrons.